The first kappa shape index (κ1) is 18.1. The van der Waals surface area contributed by atoms with Crippen LogP contribution in [0.15, 0.2) is 24.3 Å². The fraction of sp³-hybridized carbons (Fsp3) is 0.600. The second-order valence-corrected chi connectivity index (χ2v) is 7.64. The molecule has 1 aliphatic rings. The van der Waals surface area contributed by atoms with Gasteiger partial charge in [-0.3, -0.25) is 0 Å². The Balaban J connectivity index is 1.70. The molecule has 0 bridgehead atoms. The maximum Gasteiger partial charge on any atom is 0.208 e. The Bertz CT molecular complexity index is 603. The number of para-hydroxylation sites is 1. The Morgan fingerprint density at radius 3 is 2.65 bits per heavy atom. The molecule has 1 aromatic carbocycles. The molecule has 23 heavy (non-hydrogen) atoms. The van der Waals surface area contributed by atoms with Crippen molar-refractivity contribution < 1.29 is 22.7 Å². The van der Waals surface area contributed by atoms with Crippen LogP contribution in [0.4, 0.5) is 4.39 Å². The van der Waals surface area contributed by atoms with Crippen LogP contribution in [0.25, 0.3) is 0 Å². The minimum Gasteiger partial charge on any atom is -0.488 e. The third-order valence-electron chi connectivity index (χ3n) is 3.71. The molecule has 0 aromatic heterocycles. The molecule has 1 aromatic rings. The predicted octanol–water partition coefficient (Wildman–Crippen LogP) is 0.579. The van der Waals surface area contributed by atoms with Gasteiger partial charge in [-0.2, -0.15) is 0 Å². The van der Waals surface area contributed by atoms with Crippen LogP contribution in [0, 0.1) is 5.82 Å². The molecule has 2 N–H and O–H groups in total. The summed E-state index contributed by atoms with van der Waals surface area (Å²) < 4.78 is 43.7. The minimum absolute atomic E-state index is 0.0163. The number of piperidine rings is 1. The zero-order valence-corrected chi connectivity index (χ0v) is 13.9. The van der Waals surface area contributed by atoms with Gasteiger partial charge in [-0.15, -0.1) is 0 Å². The molecule has 6 nitrogen and oxygen atoms in total. The number of halogens is 1. The number of nitrogens with zero attached hydrogens (tertiary/aromatic N) is 1. The lowest BCUT2D eigenvalue weighted by molar-refractivity contribution is 0.0578. The summed E-state index contributed by atoms with van der Waals surface area (Å²) in [6.07, 6.45) is 1.83. The highest BCUT2D eigenvalue weighted by atomic mass is 32.2. The van der Waals surface area contributed by atoms with Gasteiger partial charge in [-0.05, 0) is 38.1 Å². The van der Waals surface area contributed by atoms with Crippen LogP contribution in [0.3, 0.4) is 0 Å². The van der Waals surface area contributed by atoms with Crippen molar-refractivity contribution in [1.82, 2.24) is 9.62 Å². The Morgan fingerprint density at radius 1 is 1.39 bits per heavy atom. The summed E-state index contributed by atoms with van der Waals surface area (Å²) in [4.78, 5) is 2.05. The van der Waals surface area contributed by atoms with E-state index in [1.807, 2.05) is 0 Å². The topological polar surface area (TPSA) is 78.9 Å². The van der Waals surface area contributed by atoms with E-state index in [0.717, 1.165) is 6.26 Å². The maximum atomic E-state index is 13.4. The second kappa shape index (κ2) is 8.05. The van der Waals surface area contributed by atoms with E-state index in [1.165, 1.54) is 12.1 Å². The van der Waals surface area contributed by atoms with Crippen LogP contribution in [0.5, 0.6) is 5.75 Å². The Hall–Kier alpha value is -1.22. The third kappa shape index (κ3) is 6.42. The van der Waals surface area contributed by atoms with E-state index in [1.54, 1.807) is 12.1 Å². The summed E-state index contributed by atoms with van der Waals surface area (Å²) in [5, 5.41) is 10.0. The quantitative estimate of drug-likeness (QED) is 0.755. The van der Waals surface area contributed by atoms with Crippen molar-refractivity contribution in [2.75, 3.05) is 32.5 Å². The monoisotopic (exact) mass is 346 g/mol. The van der Waals surface area contributed by atoms with E-state index in [9.17, 15) is 17.9 Å². The standard InChI is InChI=1S/C15H23FN2O4S/c1-23(20,21)17-12-6-8-18(9-7-12)10-13(19)11-22-15-5-3-2-4-14(15)16/h2-5,12-13,17,19H,6-11H2,1H3. The lowest BCUT2D eigenvalue weighted by atomic mass is 10.1. The van der Waals surface area contributed by atoms with Crippen LogP contribution in [-0.2, 0) is 10.0 Å². The first-order valence-electron chi connectivity index (χ1n) is 7.58. The lowest BCUT2D eigenvalue weighted by Crippen LogP contribution is -2.46. The lowest BCUT2D eigenvalue weighted by Gasteiger charge is -2.33. The van der Waals surface area contributed by atoms with Gasteiger partial charge in [0, 0.05) is 12.6 Å². The molecule has 0 radical (unpaired) electrons. The Kier molecular flexibility index (Phi) is 6.34. The van der Waals surface area contributed by atoms with E-state index in [-0.39, 0.29) is 18.4 Å². The SMILES string of the molecule is CS(=O)(=O)NC1CCN(CC(O)COc2ccccc2F)CC1. The minimum atomic E-state index is -3.18. The molecule has 0 aliphatic carbocycles. The second-order valence-electron chi connectivity index (χ2n) is 5.86. The van der Waals surface area contributed by atoms with Gasteiger partial charge in [0.15, 0.2) is 11.6 Å². The number of ether oxygens (including phenoxy) is 1. The van der Waals surface area contributed by atoms with E-state index in [4.69, 9.17) is 4.74 Å². The van der Waals surface area contributed by atoms with E-state index >= 15 is 0 Å². The highest BCUT2D eigenvalue weighted by Gasteiger charge is 2.23. The fourth-order valence-electron chi connectivity index (χ4n) is 2.63. The summed E-state index contributed by atoms with van der Waals surface area (Å²) in [6.45, 7) is 1.83. The summed E-state index contributed by atoms with van der Waals surface area (Å²) in [5.74, 6) is -0.324. The summed E-state index contributed by atoms with van der Waals surface area (Å²) in [6, 6.07) is 6.02. The van der Waals surface area contributed by atoms with Gasteiger partial charge in [0.05, 0.1) is 6.26 Å². The van der Waals surface area contributed by atoms with Crippen molar-refractivity contribution in [1.29, 1.82) is 0 Å². The summed E-state index contributed by atoms with van der Waals surface area (Å²) >= 11 is 0. The van der Waals surface area contributed by atoms with Gasteiger partial charge in [-0.25, -0.2) is 17.5 Å². The van der Waals surface area contributed by atoms with Crippen molar-refractivity contribution in [3.05, 3.63) is 30.1 Å². The summed E-state index contributed by atoms with van der Waals surface area (Å²) in [7, 11) is -3.18. The van der Waals surface area contributed by atoms with Gasteiger partial charge in [0.2, 0.25) is 10.0 Å². The van der Waals surface area contributed by atoms with E-state index < -0.39 is 21.9 Å². The normalized spacial score (nSPS) is 18.7. The maximum absolute atomic E-state index is 13.4. The molecule has 0 saturated carbocycles. The molecule has 2 rings (SSSR count). The zero-order valence-electron chi connectivity index (χ0n) is 13.1. The molecule has 1 saturated heterocycles. The van der Waals surface area contributed by atoms with E-state index in [0.29, 0.717) is 32.5 Å². The zero-order chi connectivity index (χ0) is 16.9. The van der Waals surface area contributed by atoms with Crippen LogP contribution in [0.1, 0.15) is 12.8 Å². The van der Waals surface area contributed by atoms with Crippen LogP contribution >= 0.6 is 0 Å². The van der Waals surface area contributed by atoms with Crippen LogP contribution in [0.2, 0.25) is 0 Å². The number of hydrogen-bond donors (Lipinski definition) is 2. The molecule has 1 heterocycles. The van der Waals surface area contributed by atoms with Crippen molar-refractivity contribution in [2.24, 2.45) is 0 Å². The number of benzene rings is 1. The van der Waals surface area contributed by atoms with Gasteiger partial charge in [0.1, 0.15) is 12.7 Å². The molecule has 8 heteroatoms. The van der Waals surface area contributed by atoms with Crippen molar-refractivity contribution in [3.8, 4) is 5.75 Å². The van der Waals surface area contributed by atoms with Crippen molar-refractivity contribution >= 4 is 10.0 Å². The molecule has 1 fully saturated rings. The summed E-state index contributed by atoms with van der Waals surface area (Å²) in [5.41, 5.74) is 0. The average Bonchev–Trinajstić information content (AvgIpc) is 2.47. The number of aliphatic hydroxyl groups is 1. The van der Waals surface area contributed by atoms with Crippen molar-refractivity contribution in [2.45, 2.75) is 25.0 Å². The van der Waals surface area contributed by atoms with Gasteiger partial charge in [-0.1, -0.05) is 12.1 Å². The molecule has 1 unspecified atom stereocenters. The number of likely N-dealkylation sites (tertiary alicyclic amines) is 1. The fourth-order valence-corrected chi connectivity index (χ4v) is 3.48. The smallest absolute Gasteiger partial charge is 0.208 e. The molecular weight excluding hydrogens is 323 g/mol. The molecule has 1 atom stereocenters. The number of β-amino-alcohol motifs (C(OH)–C–C–N with tert-alkyl or cyclic N) is 1. The number of hydrogen-bond acceptors (Lipinski definition) is 5. The van der Waals surface area contributed by atoms with E-state index in [2.05, 4.69) is 9.62 Å². The number of sulfonamides is 1. The Labute approximate surface area is 136 Å². The molecule has 130 valence electrons. The van der Waals surface area contributed by atoms with Gasteiger partial charge < -0.3 is 14.7 Å². The predicted molar refractivity (Wildman–Crippen MR) is 85.3 cm³/mol. The van der Waals surface area contributed by atoms with Crippen LogP contribution < -0.4 is 9.46 Å². The van der Waals surface area contributed by atoms with Gasteiger partial charge >= 0.3 is 0 Å². The van der Waals surface area contributed by atoms with Crippen LogP contribution in [-0.4, -0.2) is 63.1 Å². The number of nitrogens with one attached hydrogen (secondary N) is 1. The van der Waals surface area contributed by atoms with Crippen molar-refractivity contribution in [3.63, 3.8) is 0 Å². The van der Waals surface area contributed by atoms with Gasteiger partial charge in [0.25, 0.3) is 0 Å². The highest BCUT2D eigenvalue weighted by Crippen LogP contribution is 2.16. The Morgan fingerprint density at radius 2 is 2.04 bits per heavy atom. The average molecular weight is 346 g/mol. The molecule has 0 spiro atoms. The first-order valence-corrected chi connectivity index (χ1v) is 9.47. The first-order chi connectivity index (χ1) is 10.8. The highest BCUT2D eigenvalue weighted by molar-refractivity contribution is 7.88. The molecule has 1 aliphatic heterocycles. The largest absolute Gasteiger partial charge is 0.488 e. The molecular formula is C15H23FN2O4S. The number of rotatable bonds is 7. The number of aliphatic hydroxyl groups excluding tert-OH is 1. The third-order valence-corrected chi connectivity index (χ3v) is 4.47. The molecule has 0 amide bonds.